The van der Waals surface area contributed by atoms with Gasteiger partial charge in [0.05, 0.1) is 0 Å². The zero-order valence-electron chi connectivity index (χ0n) is 7.01. The molecular weight excluding hydrogens is 136 g/mol. The van der Waals surface area contributed by atoms with E-state index in [9.17, 15) is 0 Å². The summed E-state index contributed by atoms with van der Waals surface area (Å²) in [6.45, 7) is 5.24. The summed E-state index contributed by atoms with van der Waals surface area (Å²) in [4.78, 5) is 0. The number of hydrogen-bond donors (Lipinski definition) is 2. The molecule has 1 rings (SSSR count). The van der Waals surface area contributed by atoms with Gasteiger partial charge < -0.3 is 10.6 Å². The summed E-state index contributed by atoms with van der Waals surface area (Å²) >= 11 is 0. The van der Waals surface area contributed by atoms with Crippen molar-refractivity contribution in [2.75, 3.05) is 19.6 Å². The van der Waals surface area contributed by atoms with Crippen LogP contribution in [0.5, 0.6) is 0 Å². The van der Waals surface area contributed by atoms with Crippen molar-refractivity contribution in [1.82, 2.24) is 10.6 Å². The molecule has 2 heteroatoms. The van der Waals surface area contributed by atoms with Gasteiger partial charge in [0.1, 0.15) is 0 Å². The van der Waals surface area contributed by atoms with Crippen molar-refractivity contribution in [3.8, 4) is 0 Å². The maximum absolute atomic E-state index is 3.39. The number of nitrogens with one attached hydrogen (secondary N) is 2. The Balaban J connectivity index is 2.23. The summed E-state index contributed by atoms with van der Waals surface area (Å²) in [6, 6.07) is 0.514. The number of rotatable bonds is 2. The van der Waals surface area contributed by atoms with E-state index in [1.807, 2.05) is 13.0 Å². The summed E-state index contributed by atoms with van der Waals surface area (Å²) in [6.07, 6.45) is 8.36. The van der Waals surface area contributed by atoms with Crippen LogP contribution in [0.3, 0.4) is 0 Å². The second-order valence-corrected chi connectivity index (χ2v) is 2.68. The highest BCUT2D eigenvalue weighted by Crippen LogP contribution is 1.89. The van der Waals surface area contributed by atoms with Crippen LogP contribution in [0, 0.1) is 0 Å². The van der Waals surface area contributed by atoms with Crippen LogP contribution in [0.15, 0.2) is 24.3 Å². The zero-order valence-corrected chi connectivity index (χ0v) is 7.01. The summed E-state index contributed by atoms with van der Waals surface area (Å²) in [5.74, 6) is 0. The molecule has 1 fully saturated rings. The molecule has 11 heavy (non-hydrogen) atoms. The molecule has 1 aliphatic heterocycles. The Hall–Kier alpha value is -0.600. The monoisotopic (exact) mass is 152 g/mol. The highest BCUT2D eigenvalue weighted by molar-refractivity contribution is 5.06. The average Bonchev–Trinajstić information content (AvgIpc) is 2.07. The van der Waals surface area contributed by atoms with E-state index in [0.717, 1.165) is 19.6 Å². The minimum Gasteiger partial charge on any atom is -0.314 e. The standard InChI is InChI=1S/C9H16N2/c1-2-3-4-5-9-8-10-6-7-11-9/h2-5,9-11H,6-8H2,1H3. The normalized spacial score (nSPS) is 26.8. The van der Waals surface area contributed by atoms with E-state index in [2.05, 4.69) is 28.9 Å². The van der Waals surface area contributed by atoms with Crippen LogP contribution in [0.4, 0.5) is 0 Å². The molecule has 0 saturated carbocycles. The first-order valence-electron chi connectivity index (χ1n) is 4.17. The molecule has 62 valence electrons. The van der Waals surface area contributed by atoms with Crippen molar-refractivity contribution in [2.45, 2.75) is 13.0 Å². The Bertz CT molecular complexity index is 144. The van der Waals surface area contributed by atoms with Gasteiger partial charge in [-0.2, -0.15) is 0 Å². The fraction of sp³-hybridized carbons (Fsp3) is 0.556. The smallest absolute Gasteiger partial charge is 0.0379 e. The van der Waals surface area contributed by atoms with Gasteiger partial charge >= 0.3 is 0 Å². The van der Waals surface area contributed by atoms with Crippen molar-refractivity contribution >= 4 is 0 Å². The van der Waals surface area contributed by atoms with E-state index in [4.69, 9.17) is 0 Å². The van der Waals surface area contributed by atoms with Crippen molar-refractivity contribution in [2.24, 2.45) is 0 Å². The molecule has 0 aromatic carbocycles. The quantitative estimate of drug-likeness (QED) is 0.569. The van der Waals surface area contributed by atoms with Crippen LogP contribution in [0.2, 0.25) is 0 Å². The Labute approximate surface area is 68.4 Å². The van der Waals surface area contributed by atoms with Gasteiger partial charge in [-0.05, 0) is 6.92 Å². The maximum Gasteiger partial charge on any atom is 0.0379 e. The Kier molecular flexibility index (Phi) is 3.94. The first kappa shape index (κ1) is 8.50. The molecule has 1 heterocycles. The molecule has 1 unspecified atom stereocenters. The lowest BCUT2D eigenvalue weighted by Gasteiger charge is -2.21. The Morgan fingerprint density at radius 3 is 2.82 bits per heavy atom. The van der Waals surface area contributed by atoms with Crippen molar-refractivity contribution in [3.05, 3.63) is 24.3 Å². The van der Waals surface area contributed by atoms with Crippen molar-refractivity contribution < 1.29 is 0 Å². The number of piperazine rings is 1. The first-order chi connectivity index (χ1) is 5.43. The van der Waals surface area contributed by atoms with Gasteiger partial charge in [0.25, 0.3) is 0 Å². The first-order valence-corrected chi connectivity index (χ1v) is 4.17. The summed E-state index contributed by atoms with van der Waals surface area (Å²) in [7, 11) is 0. The van der Waals surface area contributed by atoms with Crippen LogP contribution in [0.25, 0.3) is 0 Å². The van der Waals surface area contributed by atoms with Crippen LogP contribution in [0.1, 0.15) is 6.92 Å². The largest absolute Gasteiger partial charge is 0.314 e. The Morgan fingerprint density at radius 2 is 2.18 bits per heavy atom. The minimum atomic E-state index is 0.514. The molecule has 1 atom stereocenters. The van der Waals surface area contributed by atoms with Gasteiger partial charge in [-0.25, -0.2) is 0 Å². The molecule has 2 nitrogen and oxygen atoms in total. The SMILES string of the molecule is CC=CC=CC1CNCCN1. The van der Waals surface area contributed by atoms with E-state index in [0.29, 0.717) is 6.04 Å². The third-order valence-corrected chi connectivity index (χ3v) is 1.72. The predicted molar refractivity (Wildman–Crippen MR) is 48.6 cm³/mol. The van der Waals surface area contributed by atoms with Crippen LogP contribution < -0.4 is 10.6 Å². The molecular formula is C9H16N2. The molecule has 0 radical (unpaired) electrons. The fourth-order valence-corrected chi connectivity index (χ4v) is 1.12. The van der Waals surface area contributed by atoms with Gasteiger partial charge in [-0.3, -0.25) is 0 Å². The molecule has 1 aliphatic rings. The van der Waals surface area contributed by atoms with E-state index in [-0.39, 0.29) is 0 Å². The maximum atomic E-state index is 3.39. The highest BCUT2D eigenvalue weighted by Gasteiger charge is 2.06. The van der Waals surface area contributed by atoms with Crippen LogP contribution in [-0.2, 0) is 0 Å². The molecule has 0 spiro atoms. The van der Waals surface area contributed by atoms with Gasteiger partial charge in [0.2, 0.25) is 0 Å². The lowest BCUT2D eigenvalue weighted by atomic mass is 10.2. The second kappa shape index (κ2) is 5.10. The van der Waals surface area contributed by atoms with Gasteiger partial charge in [0, 0.05) is 25.7 Å². The van der Waals surface area contributed by atoms with Gasteiger partial charge in [0.15, 0.2) is 0 Å². The van der Waals surface area contributed by atoms with E-state index < -0.39 is 0 Å². The lowest BCUT2D eigenvalue weighted by Crippen LogP contribution is -2.47. The van der Waals surface area contributed by atoms with Gasteiger partial charge in [-0.1, -0.05) is 24.3 Å². The highest BCUT2D eigenvalue weighted by atomic mass is 15.0. The van der Waals surface area contributed by atoms with Crippen molar-refractivity contribution in [1.29, 1.82) is 0 Å². The summed E-state index contributed by atoms with van der Waals surface area (Å²) in [5.41, 5.74) is 0. The second-order valence-electron chi connectivity index (χ2n) is 2.68. The van der Waals surface area contributed by atoms with E-state index in [1.165, 1.54) is 0 Å². The van der Waals surface area contributed by atoms with Gasteiger partial charge in [-0.15, -0.1) is 0 Å². The van der Waals surface area contributed by atoms with Crippen molar-refractivity contribution in [3.63, 3.8) is 0 Å². The number of hydrogen-bond acceptors (Lipinski definition) is 2. The number of allylic oxidation sites excluding steroid dienone is 3. The fourth-order valence-electron chi connectivity index (χ4n) is 1.12. The van der Waals surface area contributed by atoms with E-state index in [1.54, 1.807) is 0 Å². The van der Waals surface area contributed by atoms with Crippen LogP contribution >= 0.6 is 0 Å². The molecule has 0 aliphatic carbocycles. The molecule has 0 aromatic rings. The lowest BCUT2D eigenvalue weighted by molar-refractivity contribution is 0.471. The topological polar surface area (TPSA) is 24.1 Å². The summed E-state index contributed by atoms with van der Waals surface area (Å²) in [5, 5.41) is 6.72. The predicted octanol–water partition coefficient (Wildman–Crippen LogP) is 0.680. The molecule has 2 N–H and O–H groups in total. The molecule has 1 saturated heterocycles. The summed E-state index contributed by atoms with van der Waals surface area (Å²) < 4.78 is 0. The average molecular weight is 152 g/mol. The Morgan fingerprint density at radius 1 is 1.27 bits per heavy atom. The molecule has 0 bridgehead atoms. The minimum absolute atomic E-state index is 0.514. The third kappa shape index (κ3) is 3.35. The zero-order chi connectivity index (χ0) is 7.94. The molecule has 0 amide bonds. The van der Waals surface area contributed by atoms with Crippen LogP contribution in [-0.4, -0.2) is 25.7 Å². The third-order valence-electron chi connectivity index (χ3n) is 1.72. The van der Waals surface area contributed by atoms with E-state index >= 15 is 0 Å². The molecule has 0 aromatic heterocycles.